The van der Waals surface area contributed by atoms with Crippen LogP contribution in [0, 0.1) is 11.8 Å². The van der Waals surface area contributed by atoms with E-state index in [0.717, 1.165) is 24.5 Å². The minimum absolute atomic E-state index is 0.0336. The van der Waals surface area contributed by atoms with E-state index >= 15 is 0 Å². The molecule has 0 aliphatic carbocycles. The molecule has 1 amide bonds. The summed E-state index contributed by atoms with van der Waals surface area (Å²) < 4.78 is 1.67. The van der Waals surface area contributed by atoms with Crippen molar-refractivity contribution in [3.05, 3.63) is 36.7 Å². The number of aromatic nitrogens is 3. The second kappa shape index (κ2) is 5.42. The van der Waals surface area contributed by atoms with Crippen LogP contribution in [0.2, 0.25) is 0 Å². The molecule has 0 saturated carbocycles. The summed E-state index contributed by atoms with van der Waals surface area (Å²) in [6.45, 7) is 3.84. The molecular weight excluding hydrogens is 254 g/mol. The van der Waals surface area contributed by atoms with Gasteiger partial charge in [-0.25, -0.2) is 4.68 Å². The van der Waals surface area contributed by atoms with Gasteiger partial charge in [0.05, 0.1) is 18.1 Å². The van der Waals surface area contributed by atoms with Gasteiger partial charge in [0.25, 0.3) is 0 Å². The first kappa shape index (κ1) is 12.8. The number of carbonyl (C=O) groups is 1. The maximum Gasteiger partial charge on any atom is 0.227 e. The van der Waals surface area contributed by atoms with Crippen molar-refractivity contribution in [2.45, 2.75) is 6.92 Å². The minimum atomic E-state index is 0.0336. The van der Waals surface area contributed by atoms with Crippen LogP contribution < -0.4 is 10.6 Å². The Morgan fingerprint density at radius 3 is 2.70 bits per heavy atom. The first-order valence-electron chi connectivity index (χ1n) is 6.72. The van der Waals surface area contributed by atoms with Crippen LogP contribution in [0.4, 0.5) is 5.69 Å². The maximum absolute atomic E-state index is 12.1. The smallest absolute Gasteiger partial charge is 0.227 e. The van der Waals surface area contributed by atoms with E-state index in [2.05, 4.69) is 20.9 Å². The lowest BCUT2D eigenvalue weighted by Gasteiger charge is -2.31. The Labute approximate surface area is 117 Å². The standard InChI is InChI=1S/C14H17N5O/c1-10(11-8-15-9-11)14(20)17-12-2-4-13(5-3-12)19-7-6-16-18-19/h2-7,10-11,15H,8-9H2,1H3,(H,17,20). The summed E-state index contributed by atoms with van der Waals surface area (Å²) in [6, 6.07) is 7.56. The van der Waals surface area contributed by atoms with Crippen LogP contribution >= 0.6 is 0 Å². The molecule has 2 aromatic rings. The number of anilines is 1. The van der Waals surface area contributed by atoms with Crippen molar-refractivity contribution in [2.24, 2.45) is 11.8 Å². The fourth-order valence-corrected chi connectivity index (χ4v) is 2.18. The van der Waals surface area contributed by atoms with E-state index in [1.807, 2.05) is 31.2 Å². The lowest BCUT2D eigenvalue weighted by Crippen LogP contribution is -2.48. The third-order valence-corrected chi connectivity index (χ3v) is 3.76. The molecule has 1 aromatic heterocycles. The van der Waals surface area contributed by atoms with Gasteiger partial charge < -0.3 is 10.6 Å². The van der Waals surface area contributed by atoms with Crippen LogP contribution in [-0.2, 0) is 4.79 Å². The molecule has 2 N–H and O–H groups in total. The fraction of sp³-hybridized carbons (Fsp3) is 0.357. The van der Waals surface area contributed by atoms with Gasteiger partial charge in [-0.2, -0.15) is 0 Å². The molecule has 2 heterocycles. The first-order chi connectivity index (χ1) is 9.74. The summed E-state index contributed by atoms with van der Waals surface area (Å²) in [7, 11) is 0. The van der Waals surface area contributed by atoms with Crippen LogP contribution in [0.3, 0.4) is 0 Å². The Bertz CT molecular complexity index is 574. The quantitative estimate of drug-likeness (QED) is 0.872. The van der Waals surface area contributed by atoms with E-state index in [0.29, 0.717) is 5.92 Å². The third-order valence-electron chi connectivity index (χ3n) is 3.76. The van der Waals surface area contributed by atoms with Gasteiger partial charge in [0.2, 0.25) is 5.91 Å². The van der Waals surface area contributed by atoms with Crippen LogP contribution in [0.5, 0.6) is 0 Å². The van der Waals surface area contributed by atoms with E-state index in [9.17, 15) is 4.79 Å². The van der Waals surface area contributed by atoms with Gasteiger partial charge in [-0.15, -0.1) is 5.10 Å². The number of amides is 1. The van der Waals surface area contributed by atoms with Gasteiger partial charge in [-0.1, -0.05) is 12.1 Å². The largest absolute Gasteiger partial charge is 0.326 e. The molecule has 3 rings (SSSR count). The average molecular weight is 271 g/mol. The zero-order chi connectivity index (χ0) is 13.9. The number of carbonyl (C=O) groups excluding carboxylic acids is 1. The molecule has 1 aromatic carbocycles. The molecule has 0 radical (unpaired) electrons. The maximum atomic E-state index is 12.1. The van der Waals surface area contributed by atoms with Gasteiger partial charge in [0.1, 0.15) is 0 Å². The van der Waals surface area contributed by atoms with Crippen LogP contribution in [0.1, 0.15) is 6.92 Å². The summed E-state index contributed by atoms with van der Waals surface area (Å²) in [5, 5.41) is 13.8. The van der Waals surface area contributed by atoms with Crippen LogP contribution in [0.15, 0.2) is 36.7 Å². The average Bonchev–Trinajstić information content (AvgIpc) is 2.91. The number of nitrogens with one attached hydrogen (secondary N) is 2. The molecule has 0 spiro atoms. The van der Waals surface area contributed by atoms with Crippen molar-refractivity contribution in [2.75, 3.05) is 18.4 Å². The number of benzene rings is 1. The topological polar surface area (TPSA) is 71.8 Å². The Morgan fingerprint density at radius 1 is 1.40 bits per heavy atom. The fourth-order valence-electron chi connectivity index (χ4n) is 2.18. The Hall–Kier alpha value is -2.21. The second-order valence-electron chi connectivity index (χ2n) is 5.09. The minimum Gasteiger partial charge on any atom is -0.326 e. The van der Waals surface area contributed by atoms with Crippen molar-refractivity contribution in [3.63, 3.8) is 0 Å². The summed E-state index contributed by atoms with van der Waals surface area (Å²) in [5.41, 5.74) is 1.72. The molecule has 20 heavy (non-hydrogen) atoms. The zero-order valence-corrected chi connectivity index (χ0v) is 11.3. The van der Waals surface area contributed by atoms with Gasteiger partial charge in [-0.05, 0) is 43.3 Å². The summed E-state index contributed by atoms with van der Waals surface area (Å²) in [5.74, 6) is 0.556. The predicted molar refractivity (Wildman–Crippen MR) is 75.5 cm³/mol. The Kier molecular flexibility index (Phi) is 3.47. The Balaban J connectivity index is 1.64. The Morgan fingerprint density at radius 2 is 2.15 bits per heavy atom. The van der Waals surface area contributed by atoms with E-state index in [1.54, 1.807) is 17.1 Å². The number of hydrogen-bond donors (Lipinski definition) is 2. The molecule has 1 saturated heterocycles. The van der Waals surface area contributed by atoms with Crippen LogP contribution in [0.25, 0.3) is 5.69 Å². The van der Waals surface area contributed by atoms with E-state index in [-0.39, 0.29) is 11.8 Å². The molecule has 104 valence electrons. The van der Waals surface area contributed by atoms with Gasteiger partial charge in [0.15, 0.2) is 0 Å². The summed E-state index contributed by atoms with van der Waals surface area (Å²) in [4.78, 5) is 12.1. The molecule has 6 heteroatoms. The molecular formula is C14H17N5O. The second-order valence-corrected chi connectivity index (χ2v) is 5.09. The van der Waals surface area contributed by atoms with Crippen molar-refractivity contribution in [1.82, 2.24) is 20.3 Å². The number of hydrogen-bond acceptors (Lipinski definition) is 4. The molecule has 0 bridgehead atoms. The van der Waals surface area contributed by atoms with E-state index in [4.69, 9.17) is 0 Å². The van der Waals surface area contributed by atoms with E-state index in [1.165, 1.54) is 0 Å². The van der Waals surface area contributed by atoms with Gasteiger partial charge in [0, 0.05) is 11.6 Å². The molecule has 1 aliphatic rings. The highest BCUT2D eigenvalue weighted by Crippen LogP contribution is 2.19. The van der Waals surface area contributed by atoms with E-state index < -0.39 is 0 Å². The highest BCUT2D eigenvalue weighted by Gasteiger charge is 2.28. The normalized spacial score (nSPS) is 16.4. The molecule has 1 fully saturated rings. The van der Waals surface area contributed by atoms with Crippen molar-refractivity contribution in [3.8, 4) is 5.69 Å². The van der Waals surface area contributed by atoms with Gasteiger partial charge >= 0.3 is 0 Å². The third kappa shape index (κ3) is 2.55. The molecule has 1 atom stereocenters. The first-order valence-corrected chi connectivity index (χ1v) is 6.72. The lowest BCUT2D eigenvalue weighted by atomic mass is 9.88. The number of rotatable bonds is 4. The van der Waals surface area contributed by atoms with Crippen molar-refractivity contribution < 1.29 is 4.79 Å². The highest BCUT2D eigenvalue weighted by atomic mass is 16.1. The highest BCUT2D eigenvalue weighted by molar-refractivity contribution is 5.92. The van der Waals surface area contributed by atoms with Gasteiger partial charge in [-0.3, -0.25) is 4.79 Å². The summed E-state index contributed by atoms with van der Waals surface area (Å²) in [6.07, 6.45) is 3.41. The molecule has 1 unspecified atom stereocenters. The monoisotopic (exact) mass is 271 g/mol. The number of nitrogens with zero attached hydrogens (tertiary/aromatic N) is 3. The molecule has 6 nitrogen and oxygen atoms in total. The lowest BCUT2D eigenvalue weighted by molar-refractivity contribution is -0.121. The summed E-state index contributed by atoms with van der Waals surface area (Å²) >= 11 is 0. The molecule has 1 aliphatic heterocycles. The van der Waals surface area contributed by atoms with Crippen molar-refractivity contribution in [1.29, 1.82) is 0 Å². The van der Waals surface area contributed by atoms with Crippen LogP contribution in [-0.4, -0.2) is 34.0 Å². The van der Waals surface area contributed by atoms with Crippen molar-refractivity contribution >= 4 is 11.6 Å². The zero-order valence-electron chi connectivity index (χ0n) is 11.3. The predicted octanol–water partition coefficient (Wildman–Crippen LogP) is 1.06. The SMILES string of the molecule is CC(C(=O)Nc1ccc(-n2ccnn2)cc1)C1CNC1.